The molecule has 4 heteroatoms. The highest BCUT2D eigenvalue weighted by Crippen LogP contribution is 2.26. The van der Waals surface area contributed by atoms with Crippen molar-refractivity contribution in [3.8, 4) is 5.69 Å². The SMILES string of the molecule is CCCNC(C)c1cc(Br)ccc1-n1ccnc1CC. The van der Waals surface area contributed by atoms with Gasteiger partial charge in [-0.1, -0.05) is 29.8 Å². The van der Waals surface area contributed by atoms with Crippen molar-refractivity contribution in [2.24, 2.45) is 0 Å². The van der Waals surface area contributed by atoms with Gasteiger partial charge in [0.2, 0.25) is 0 Å². The molecular weight excluding hydrogens is 314 g/mol. The summed E-state index contributed by atoms with van der Waals surface area (Å²) >= 11 is 3.58. The van der Waals surface area contributed by atoms with Gasteiger partial charge in [-0.15, -0.1) is 0 Å². The van der Waals surface area contributed by atoms with Crippen LogP contribution in [0.1, 0.15) is 44.6 Å². The Morgan fingerprint density at radius 2 is 2.15 bits per heavy atom. The van der Waals surface area contributed by atoms with Crippen LogP contribution < -0.4 is 5.32 Å². The van der Waals surface area contributed by atoms with E-state index >= 15 is 0 Å². The zero-order chi connectivity index (χ0) is 14.5. The molecule has 1 aromatic heterocycles. The molecule has 0 radical (unpaired) electrons. The van der Waals surface area contributed by atoms with Crippen LogP contribution in [0.2, 0.25) is 0 Å². The summed E-state index contributed by atoms with van der Waals surface area (Å²) in [5, 5.41) is 3.56. The van der Waals surface area contributed by atoms with Crippen LogP contribution in [-0.4, -0.2) is 16.1 Å². The molecule has 0 aliphatic carbocycles. The molecule has 2 rings (SSSR count). The van der Waals surface area contributed by atoms with Crippen LogP contribution >= 0.6 is 15.9 Å². The molecule has 0 amide bonds. The molecule has 1 unspecified atom stereocenters. The molecular formula is C16H22BrN3. The van der Waals surface area contributed by atoms with Crippen LogP contribution in [0.4, 0.5) is 0 Å². The standard InChI is InChI=1S/C16H22BrN3/c1-4-8-18-12(3)14-11-13(17)6-7-15(14)20-10-9-19-16(20)5-2/h6-7,9-12,18H,4-5,8H2,1-3H3. The third kappa shape index (κ3) is 3.30. The Morgan fingerprint density at radius 1 is 1.35 bits per heavy atom. The van der Waals surface area contributed by atoms with Crippen molar-refractivity contribution in [1.29, 1.82) is 0 Å². The first kappa shape index (κ1) is 15.3. The van der Waals surface area contributed by atoms with Crippen molar-refractivity contribution in [2.75, 3.05) is 6.54 Å². The first-order valence-electron chi connectivity index (χ1n) is 7.22. The maximum Gasteiger partial charge on any atom is 0.112 e. The lowest BCUT2D eigenvalue weighted by Crippen LogP contribution is -2.21. The molecule has 0 aliphatic heterocycles. The predicted octanol–water partition coefficient (Wildman–Crippen LogP) is 4.26. The number of hydrogen-bond acceptors (Lipinski definition) is 2. The number of rotatable bonds is 6. The summed E-state index contributed by atoms with van der Waals surface area (Å²) in [5.74, 6) is 1.09. The van der Waals surface area contributed by atoms with Gasteiger partial charge in [0.15, 0.2) is 0 Å². The Morgan fingerprint density at radius 3 is 2.85 bits per heavy atom. The minimum atomic E-state index is 0.314. The molecule has 1 heterocycles. The van der Waals surface area contributed by atoms with Crippen LogP contribution in [0, 0.1) is 0 Å². The number of aryl methyl sites for hydroxylation is 1. The third-order valence-corrected chi connectivity index (χ3v) is 3.94. The molecule has 1 atom stereocenters. The van der Waals surface area contributed by atoms with E-state index in [1.165, 1.54) is 11.3 Å². The van der Waals surface area contributed by atoms with Gasteiger partial charge in [0.1, 0.15) is 5.82 Å². The van der Waals surface area contributed by atoms with Gasteiger partial charge >= 0.3 is 0 Å². The van der Waals surface area contributed by atoms with E-state index in [0.717, 1.165) is 29.7 Å². The normalized spacial score (nSPS) is 12.6. The fourth-order valence-corrected chi connectivity index (χ4v) is 2.76. The smallest absolute Gasteiger partial charge is 0.112 e. The molecule has 1 aromatic carbocycles. The van der Waals surface area contributed by atoms with Gasteiger partial charge in [-0.3, -0.25) is 0 Å². The maximum absolute atomic E-state index is 4.43. The van der Waals surface area contributed by atoms with Gasteiger partial charge in [0, 0.05) is 29.3 Å². The third-order valence-electron chi connectivity index (χ3n) is 3.45. The van der Waals surface area contributed by atoms with E-state index in [0.29, 0.717) is 6.04 Å². The van der Waals surface area contributed by atoms with Gasteiger partial charge in [-0.25, -0.2) is 4.98 Å². The monoisotopic (exact) mass is 335 g/mol. The van der Waals surface area contributed by atoms with Gasteiger partial charge in [-0.05, 0) is 43.7 Å². The summed E-state index contributed by atoms with van der Waals surface area (Å²) in [7, 11) is 0. The molecule has 1 N–H and O–H groups in total. The zero-order valence-corrected chi connectivity index (χ0v) is 13.9. The largest absolute Gasteiger partial charge is 0.310 e. The Balaban J connectivity index is 2.42. The van der Waals surface area contributed by atoms with Crippen LogP contribution in [0.5, 0.6) is 0 Å². The lowest BCUT2D eigenvalue weighted by molar-refractivity contribution is 0.568. The van der Waals surface area contributed by atoms with E-state index in [1.54, 1.807) is 0 Å². The lowest BCUT2D eigenvalue weighted by Gasteiger charge is -2.19. The van der Waals surface area contributed by atoms with Gasteiger partial charge in [0.25, 0.3) is 0 Å². The quantitative estimate of drug-likeness (QED) is 0.854. The second-order valence-corrected chi connectivity index (χ2v) is 5.86. The number of aromatic nitrogens is 2. The highest BCUT2D eigenvalue weighted by atomic mass is 79.9. The summed E-state index contributed by atoms with van der Waals surface area (Å²) in [4.78, 5) is 4.43. The number of nitrogens with zero attached hydrogens (tertiary/aromatic N) is 2. The van der Waals surface area contributed by atoms with E-state index in [4.69, 9.17) is 0 Å². The number of nitrogens with one attached hydrogen (secondary N) is 1. The number of halogens is 1. The van der Waals surface area contributed by atoms with Crippen LogP contribution in [0.15, 0.2) is 35.1 Å². The fourth-order valence-electron chi connectivity index (χ4n) is 2.38. The summed E-state index contributed by atoms with van der Waals surface area (Å²) in [6.07, 6.45) is 5.98. The van der Waals surface area contributed by atoms with Crippen molar-refractivity contribution < 1.29 is 0 Å². The average molecular weight is 336 g/mol. The minimum Gasteiger partial charge on any atom is -0.310 e. The van der Waals surface area contributed by atoms with E-state index in [-0.39, 0.29) is 0 Å². The van der Waals surface area contributed by atoms with E-state index in [9.17, 15) is 0 Å². The van der Waals surface area contributed by atoms with Crippen molar-refractivity contribution in [3.63, 3.8) is 0 Å². The van der Waals surface area contributed by atoms with Crippen LogP contribution in [-0.2, 0) is 6.42 Å². The Hall–Kier alpha value is -1.13. The minimum absolute atomic E-state index is 0.314. The number of imidazole rings is 1. The Labute approximate surface area is 129 Å². The summed E-state index contributed by atoms with van der Waals surface area (Å²) in [6.45, 7) is 7.56. The molecule has 0 spiro atoms. The summed E-state index contributed by atoms with van der Waals surface area (Å²) < 4.78 is 3.30. The molecule has 0 saturated carbocycles. The lowest BCUT2D eigenvalue weighted by atomic mass is 10.1. The second-order valence-electron chi connectivity index (χ2n) is 4.95. The van der Waals surface area contributed by atoms with Crippen molar-refractivity contribution in [3.05, 3.63) is 46.5 Å². The highest BCUT2D eigenvalue weighted by molar-refractivity contribution is 9.10. The maximum atomic E-state index is 4.43. The fraction of sp³-hybridized carbons (Fsp3) is 0.438. The van der Waals surface area contributed by atoms with Crippen molar-refractivity contribution in [1.82, 2.24) is 14.9 Å². The second kappa shape index (κ2) is 7.04. The van der Waals surface area contributed by atoms with Crippen LogP contribution in [0.3, 0.4) is 0 Å². The molecule has 0 saturated heterocycles. The Kier molecular flexibility index (Phi) is 5.38. The van der Waals surface area contributed by atoms with Crippen molar-refractivity contribution in [2.45, 2.75) is 39.7 Å². The predicted molar refractivity (Wildman–Crippen MR) is 87.4 cm³/mol. The molecule has 0 aliphatic rings. The molecule has 0 fully saturated rings. The van der Waals surface area contributed by atoms with E-state index in [2.05, 4.69) is 69.8 Å². The van der Waals surface area contributed by atoms with E-state index in [1.807, 2.05) is 12.4 Å². The average Bonchev–Trinajstić information content (AvgIpc) is 2.92. The van der Waals surface area contributed by atoms with Gasteiger partial charge < -0.3 is 9.88 Å². The summed E-state index contributed by atoms with van der Waals surface area (Å²) in [5.41, 5.74) is 2.50. The highest BCUT2D eigenvalue weighted by Gasteiger charge is 2.13. The Bertz CT molecular complexity index is 563. The number of benzene rings is 1. The van der Waals surface area contributed by atoms with Crippen LogP contribution in [0.25, 0.3) is 5.69 Å². The summed E-state index contributed by atoms with van der Waals surface area (Å²) in [6, 6.07) is 6.76. The first-order valence-corrected chi connectivity index (χ1v) is 8.02. The molecule has 3 nitrogen and oxygen atoms in total. The molecule has 20 heavy (non-hydrogen) atoms. The van der Waals surface area contributed by atoms with E-state index < -0.39 is 0 Å². The molecule has 2 aromatic rings. The number of hydrogen-bond donors (Lipinski definition) is 1. The molecule has 0 bridgehead atoms. The van der Waals surface area contributed by atoms with Gasteiger partial charge in [0.05, 0.1) is 5.69 Å². The van der Waals surface area contributed by atoms with Crippen molar-refractivity contribution >= 4 is 15.9 Å². The van der Waals surface area contributed by atoms with Gasteiger partial charge in [-0.2, -0.15) is 0 Å². The first-order chi connectivity index (χ1) is 9.67. The molecule has 108 valence electrons. The zero-order valence-electron chi connectivity index (χ0n) is 12.4. The topological polar surface area (TPSA) is 29.9 Å².